The Bertz CT molecular complexity index is 861. The van der Waals surface area contributed by atoms with Crippen LogP contribution >= 0.6 is 0 Å². The molecule has 0 bridgehead atoms. The Morgan fingerprint density at radius 3 is 2.69 bits per heavy atom. The van der Waals surface area contributed by atoms with Crippen LogP contribution in [0, 0.1) is 6.92 Å². The Morgan fingerprint density at radius 1 is 1.19 bits per heavy atom. The average molecular weight is 350 g/mol. The van der Waals surface area contributed by atoms with E-state index in [9.17, 15) is 9.90 Å². The number of aryl methyl sites for hydroxylation is 2. The molecule has 6 nitrogen and oxygen atoms in total. The molecule has 2 aromatic heterocycles. The molecule has 1 aromatic carbocycles. The third-order valence-corrected chi connectivity index (χ3v) is 4.33. The average Bonchev–Trinajstić information content (AvgIpc) is 3.10. The molecule has 0 aliphatic heterocycles. The lowest BCUT2D eigenvalue weighted by molar-refractivity contribution is 0.0928. The molecule has 0 unspecified atom stereocenters. The summed E-state index contributed by atoms with van der Waals surface area (Å²) in [5.74, 6) is 0.692. The lowest BCUT2D eigenvalue weighted by atomic mass is 10.0. The zero-order valence-electron chi connectivity index (χ0n) is 14.7. The summed E-state index contributed by atoms with van der Waals surface area (Å²) in [5.41, 5.74) is 2.00. The second-order valence-electron chi connectivity index (χ2n) is 6.10. The number of nitrogens with zero attached hydrogens (tertiary/aromatic N) is 3. The van der Waals surface area contributed by atoms with Gasteiger partial charge in [-0.2, -0.15) is 0 Å². The van der Waals surface area contributed by atoms with Gasteiger partial charge in [-0.1, -0.05) is 30.3 Å². The predicted molar refractivity (Wildman–Crippen MR) is 98.4 cm³/mol. The number of carbonyl (C=O) groups excluding carboxylic acids is 1. The minimum absolute atomic E-state index is 0.120. The number of aromatic nitrogens is 3. The first-order chi connectivity index (χ1) is 12.7. The van der Waals surface area contributed by atoms with Crippen LogP contribution in [0.15, 0.2) is 61.1 Å². The van der Waals surface area contributed by atoms with E-state index in [1.54, 1.807) is 18.3 Å². The van der Waals surface area contributed by atoms with Crippen molar-refractivity contribution in [2.24, 2.45) is 0 Å². The largest absolute Gasteiger partial charge is 0.392 e. The number of benzene rings is 1. The van der Waals surface area contributed by atoms with E-state index in [1.165, 1.54) is 6.20 Å². The zero-order valence-corrected chi connectivity index (χ0v) is 14.7. The molecule has 3 rings (SSSR count). The van der Waals surface area contributed by atoms with Gasteiger partial charge in [0.15, 0.2) is 0 Å². The van der Waals surface area contributed by atoms with Crippen LogP contribution in [0.25, 0.3) is 0 Å². The minimum atomic E-state index is -0.253. The van der Waals surface area contributed by atoms with Gasteiger partial charge in [-0.25, -0.2) is 4.98 Å². The summed E-state index contributed by atoms with van der Waals surface area (Å²) >= 11 is 0. The zero-order chi connectivity index (χ0) is 18.4. The van der Waals surface area contributed by atoms with Gasteiger partial charge in [-0.3, -0.25) is 9.78 Å². The molecule has 0 spiro atoms. The SMILES string of the molecule is Cc1nccn1CC[C@H](NC(=O)c1cc(CO)ccn1)c1ccccc1. The summed E-state index contributed by atoms with van der Waals surface area (Å²) in [4.78, 5) is 21.0. The Balaban J connectivity index is 1.76. The van der Waals surface area contributed by atoms with Crippen molar-refractivity contribution in [3.8, 4) is 0 Å². The Hall–Kier alpha value is -2.99. The maximum absolute atomic E-state index is 12.7. The van der Waals surface area contributed by atoms with Gasteiger partial charge in [-0.15, -0.1) is 0 Å². The number of aliphatic hydroxyl groups excluding tert-OH is 1. The highest BCUT2D eigenvalue weighted by molar-refractivity contribution is 5.92. The van der Waals surface area contributed by atoms with Crippen LogP contribution in [0.4, 0.5) is 0 Å². The molecule has 0 saturated carbocycles. The van der Waals surface area contributed by atoms with E-state index in [1.807, 2.05) is 43.5 Å². The van der Waals surface area contributed by atoms with Crippen molar-refractivity contribution in [3.05, 3.63) is 83.7 Å². The highest BCUT2D eigenvalue weighted by atomic mass is 16.3. The summed E-state index contributed by atoms with van der Waals surface area (Å²) in [6.45, 7) is 2.58. The third kappa shape index (κ3) is 4.34. The Kier molecular flexibility index (Phi) is 5.76. The number of amides is 1. The molecule has 0 aliphatic carbocycles. The number of imidazole rings is 1. The predicted octanol–water partition coefficient (Wildman–Crippen LogP) is 2.64. The highest BCUT2D eigenvalue weighted by Gasteiger charge is 2.17. The molecule has 26 heavy (non-hydrogen) atoms. The smallest absolute Gasteiger partial charge is 0.270 e. The van der Waals surface area contributed by atoms with Crippen molar-refractivity contribution in [2.45, 2.75) is 32.5 Å². The van der Waals surface area contributed by atoms with E-state index in [4.69, 9.17) is 0 Å². The van der Waals surface area contributed by atoms with Gasteiger partial charge in [0, 0.05) is 25.1 Å². The molecule has 0 aliphatic rings. The lowest BCUT2D eigenvalue weighted by Crippen LogP contribution is -2.30. The third-order valence-electron chi connectivity index (χ3n) is 4.33. The van der Waals surface area contributed by atoms with Gasteiger partial charge >= 0.3 is 0 Å². The quantitative estimate of drug-likeness (QED) is 0.686. The summed E-state index contributed by atoms with van der Waals surface area (Å²) in [6, 6.07) is 13.0. The second-order valence-corrected chi connectivity index (χ2v) is 6.10. The standard InChI is InChI=1S/C20H22N4O2/c1-15-21-10-12-24(15)11-8-18(17-5-3-2-4-6-17)23-20(26)19-13-16(14-25)7-9-22-19/h2-7,9-10,12-13,18,25H,8,11,14H2,1H3,(H,23,26)/t18-/m0/s1. The molecular weight excluding hydrogens is 328 g/mol. The molecule has 0 saturated heterocycles. The van der Waals surface area contributed by atoms with Crippen LogP contribution in [0.5, 0.6) is 0 Å². The van der Waals surface area contributed by atoms with E-state index >= 15 is 0 Å². The molecule has 2 N–H and O–H groups in total. The van der Waals surface area contributed by atoms with Crippen LogP contribution in [0.1, 0.15) is 39.9 Å². The second kappa shape index (κ2) is 8.40. The van der Waals surface area contributed by atoms with Crippen molar-refractivity contribution >= 4 is 5.91 Å². The summed E-state index contributed by atoms with van der Waals surface area (Å²) in [6.07, 6.45) is 5.97. The van der Waals surface area contributed by atoms with E-state index < -0.39 is 0 Å². The van der Waals surface area contributed by atoms with Crippen molar-refractivity contribution in [1.29, 1.82) is 0 Å². The minimum Gasteiger partial charge on any atom is -0.392 e. The van der Waals surface area contributed by atoms with Crippen molar-refractivity contribution < 1.29 is 9.90 Å². The van der Waals surface area contributed by atoms with Crippen LogP contribution in [0.3, 0.4) is 0 Å². The van der Waals surface area contributed by atoms with E-state index in [-0.39, 0.29) is 18.6 Å². The highest BCUT2D eigenvalue weighted by Crippen LogP contribution is 2.19. The number of aliphatic hydroxyl groups is 1. The first kappa shape index (κ1) is 17.8. The normalized spacial score (nSPS) is 11.9. The first-order valence-corrected chi connectivity index (χ1v) is 8.56. The topological polar surface area (TPSA) is 80.0 Å². The number of nitrogens with one attached hydrogen (secondary N) is 1. The maximum atomic E-state index is 12.7. The molecule has 1 amide bonds. The molecule has 134 valence electrons. The van der Waals surface area contributed by atoms with E-state index in [2.05, 4.69) is 19.9 Å². The van der Waals surface area contributed by atoms with Crippen molar-refractivity contribution in [1.82, 2.24) is 19.9 Å². The van der Waals surface area contributed by atoms with Gasteiger partial charge < -0.3 is 15.0 Å². The van der Waals surface area contributed by atoms with Gasteiger partial charge in [0.05, 0.1) is 12.6 Å². The fraction of sp³-hybridized carbons (Fsp3) is 0.250. The summed E-state index contributed by atoms with van der Waals surface area (Å²) in [7, 11) is 0. The lowest BCUT2D eigenvalue weighted by Gasteiger charge is -2.20. The van der Waals surface area contributed by atoms with E-state index in [0.29, 0.717) is 11.3 Å². The van der Waals surface area contributed by atoms with Gasteiger partial charge in [0.1, 0.15) is 11.5 Å². The van der Waals surface area contributed by atoms with Crippen LogP contribution in [-0.2, 0) is 13.2 Å². The number of pyridine rings is 1. The number of carbonyl (C=O) groups is 1. The van der Waals surface area contributed by atoms with E-state index in [0.717, 1.165) is 24.4 Å². The van der Waals surface area contributed by atoms with Crippen LogP contribution in [-0.4, -0.2) is 25.5 Å². The summed E-state index contributed by atoms with van der Waals surface area (Å²) in [5, 5.41) is 12.3. The van der Waals surface area contributed by atoms with Gasteiger partial charge in [0.25, 0.3) is 5.91 Å². The van der Waals surface area contributed by atoms with Gasteiger partial charge in [-0.05, 0) is 36.6 Å². The first-order valence-electron chi connectivity index (χ1n) is 8.56. The molecular formula is C20H22N4O2. The number of hydrogen-bond donors (Lipinski definition) is 2. The Labute approximate surface area is 152 Å². The Morgan fingerprint density at radius 2 is 2.00 bits per heavy atom. The molecule has 6 heteroatoms. The van der Waals surface area contributed by atoms with Crippen molar-refractivity contribution in [2.75, 3.05) is 0 Å². The van der Waals surface area contributed by atoms with Crippen LogP contribution in [0.2, 0.25) is 0 Å². The van der Waals surface area contributed by atoms with Crippen molar-refractivity contribution in [3.63, 3.8) is 0 Å². The number of rotatable bonds is 7. The molecule has 1 atom stereocenters. The molecule has 0 radical (unpaired) electrons. The van der Waals surface area contributed by atoms with Crippen LogP contribution < -0.4 is 5.32 Å². The fourth-order valence-electron chi connectivity index (χ4n) is 2.84. The molecule has 2 heterocycles. The molecule has 0 fully saturated rings. The van der Waals surface area contributed by atoms with Gasteiger partial charge in [0.2, 0.25) is 0 Å². The molecule has 3 aromatic rings. The number of hydrogen-bond acceptors (Lipinski definition) is 4. The monoisotopic (exact) mass is 350 g/mol. The maximum Gasteiger partial charge on any atom is 0.270 e. The fourth-order valence-corrected chi connectivity index (χ4v) is 2.84. The summed E-state index contributed by atoms with van der Waals surface area (Å²) < 4.78 is 2.06.